The number of tetrazole rings is 1. The van der Waals surface area contributed by atoms with Crippen molar-refractivity contribution in [2.45, 2.75) is 0 Å². The molecule has 6 nitrogen and oxygen atoms in total. The standard InChI is InChI=1S/C14H11BrN6/c15-12-6-4-5-11(9-12)10-16-17-14-18-19-20-21(14)13-7-2-1-3-8-13/h1-10H,(H,17,18,20)/b16-10-. The first-order valence-corrected chi connectivity index (χ1v) is 7.01. The van der Waals surface area contributed by atoms with E-state index < -0.39 is 0 Å². The molecule has 0 aliphatic rings. The number of hydrogen-bond donors (Lipinski definition) is 1. The molecule has 0 spiro atoms. The molecule has 1 aromatic heterocycles. The summed E-state index contributed by atoms with van der Waals surface area (Å²) >= 11 is 3.42. The van der Waals surface area contributed by atoms with E-state index in [1.807, 2.05) is 54.6 Å². The van der Waals surface area contributed by atoms with Crippen molar-refractivity contribution in [1.82, 2.24) is 20.2 Å². The number of para-hydroxylation sites is 1. The minimum Gasteiger partial charge on any atom is -0.244 e. The molecule has 0 aliphatic carbocycles. The summed E-state index contributed by atoms with van der Waals surface area (Å²) in [4.78, 5) is 0. The Morgan fingerprint density at radius 2 is 1.95 bits per heavy atom. The van der Waals surface area contributed by atoms with Crippen LogP contribution in [0.25, 0.3) is 5.69 Å². The molecule has 0 unspecified atom stereocenters. The van der Waals surface area contributed by atoms with Crippen LogP contribution in [0.1, 0.15) is 5.56 Å². The van der Waals surface area contributed by atoms with Crippen LogP contribution in [-0.4, -0.2) is 26.4 Å². The van der Waals surface area contributed by atoms with Gasteiger partial charge in [0.15, 0.2) is 0 Å². The van der Waals surface area contributed by atoms with Crippen LogP contribution >= 0.6 is 15.9 Å². The summed E-state index contributed by atoms with van der Waals surface area (Å²) in [7, 11) is 0. The summed E-state index contributed by atoms with van der Waals surface area (Å²) in [6.45, 7) is 0. The number of nitrogens with zero attached hydrogens (tertiary/aromatic N) is 5. The first kappa shape index (κ1) is 13.4. The Morgan fingerprint density at radius 3 is 2.76 bits per heavy atom. The fourth-order valence-electron chi connectivity index (χ4n) is 1.75. The van der Waals surface area contributed by atoms with Gasteiger partial charge < -0.3 is 0 Å². The summed E-state index contributed by atoms with van der Waals surface area (Å²) in [5.74, 6) is 0.451. The first-order chi connectivity index (χ1) is 10.3. The second-order valence-corrected chi connectivity index (χ2v) is 5.09. The SMILES string of the molecule is Brc1cccc(/C=N\Nc2nnnn2-c2ccccc2)c1. The molecule has 0 fully saturated rings. The average molecular weight is 343 g/mol. The lowest BCUT2D eigenvalue weighted by atomic mass is 10.2. The first-order valence-electron chi connectivity index (χ1n) is 6.21. The Labute approximate surface area is 129 Å². The van der Waals surface area contributed by atoms with Crippen LogP contribution in [-0.2, 0) is 0 Å². The van der Waals surface area contributed by atoms with Crippen molar-refractivity contribution in [3.8, 4) is 5.69 Å². The molecule has 0 amide bonds. The van der Waals surface area contributed by atoms with Crippen molar-refractivity contribution in [3.05, 3.63) is 64.6 Å². The predicted octanol–water partition coefficient (Wildman–Crippen LogP) is 2.87. The zero-order valence-corrected chi connectivity index (χ0v) is 12.5. The Hall–Kier alpha value is -2.54. The Bertz CT molecular complexity index is 753. The van der Waals surface area contributed by atoms with Gasteiger partial charge in [0.25, 0.3) is 5.95 Å². The normalized spacial score (nSPS) is 10.9. The van der Waals surface area contributed by atoms with Crippen molar-refractivity contribution in [3.63, 3.8) is 0 Å². The Kier molecular flexibility index (Phi) is 4.02. The van der Waals surface area contributed by atoms with Gasteiger partial charge in [-0.25, -0.2) is 5.43 Å². The molecule has 0 radical (unpaired) electrons. The van der Waals surface area contributed by atoms with Gasteiger partial charge in [-0.15, -0.1) is 0 Å². The molecule has 1 heterocycles. The highest BCUT2D eigenvalue weighted by atomic mass is 79.9. The lowest BCUT2D eigenvalue weighted by molar-refractivity contribution is 0.790. The fraction of sp³-hybridized carbons (Fsp3) is 0. The molecular formula is C14H11BrN6. The second-order valence-electron chi connectivity index (χ2n) is 4.17. The molecule has 7 heteroatoms. The van der Waals surface area contributed by atoms with Gasteiger partial charge in [-0.1, -0.05) is 51.4 Å². The Balaban J connectivity index is 1.76. The van der Waals surface area contributed by atoms with Crippen LogP contribution in [0.2, 0.25) is 0 Å². The van der Waals surface area contributed by atoms with E-state index in [1.54, 1.807) is 10.9 Å². The summed E-state index contributed by atoms with van der Waals surface area (Å²) in [5.41, 5.74) is 4.67. The summed E-state index contributed by atoms with van der Waals surface area (Å²) in [6.07, 6.45) is 1.70. The van der Waals surface area contributed by atoms with Gasteiger partial charge >= 0.3 is 0 Å². The third-order valence-corrected chi connectivity index (χ3v) is 3.19. The molecule has 3 rings (SSSR count). The number of hydrazone groups is 1. The number of benzene rings is 2. The number of hydrogen-bond acceptors (Lipinski definition) is 5. The van der Waals surface area contributed by atoms with E-state index >= 15 is 0 Å². The van der Waals surface area contributed by atoms with Crippen molar-refractivity contribution in [2.24, 2.45) is 5.10 Å². The third kappa shape index (κ3) is 3.32. The molecular weight excluding hydrogens is 332 g/mol. The maximum atomic E-state index is 4.15. The van der Waals surface area contributed by atoms with Gasteiger partial charge in [0.05, 0.1) is 11.9 Å². The van der Waals surface area contributed by atoms with Crippen LogP contribution in [0.4, 0.5) is 5.95 Å². The van der Waals surface area contributed by atoms with Gasteiger partial charge in [0.1, 0.15) is 0 Å². The molecule has 1 N–H and O–H groups in total. The topological polar surface area (TPSA) is 68.0 Å². The highest BCUT2D eigenvalue weighted by Gasteiger charge is 2.05. The molecule has 0 saturated carbocycles. The maximum absolute atomic E-state index is 4.15. The van der Waals surface area contributed by atoms with Gasteiger partial charge in [0, 0.05) is 4.47 Å². The zero-order valence-electron chi connectivity index (χ0n) is 10.9. The zero-order chi connectivity index (χ0) is 14.5. The third-order valence-electron chi connectivity index (χ3n) is 2.70. The van der Waals surface area contributed by atoms with Gasteiger partial charge in [-0.2, -0.15) is 9.78 Å². The van der Waals surface area contributed by atoms with Crippen LogP contribution in [0.5, 0.6) is 0 Å². The summed E-state index contributed by atoms with van der Waals surface area (Å²) < 4.78 is 2.58. The number of anilines is 1. The predicted molar refractivity (Wildman–Crippen MR) is 84.5 cm³/mol. The quantitative estimate of drug-likeness (QED) is 0.584. The van der Waals surface area contributed by atoms with E-state index in [9.17, 15) is 0 Å². The maximum Gasteiger partial charge on any atom is 0.268 e. The summed E-state index contributed by atoms with van der Waals surface area (Å²) in [6, 6.07) is 17.4. The van der Waals surface area contributed by atoms with Crippen molar-refractivity contribution in [2.75, 3.05) is 5.43 Å². The van der Waals surface area contributed by atoms with E-state index in [1.165, 1.54) is 0 Å². The van der Waals surface area contributed by atoms with Gasteiger partial charge in [-0.05, 0) is 40.3 Å². The van der Waals surface area contributed by atoms with Gasteiger partial charge in [0.2, 0.25) is 0 Å². The van der Waals surface area contributed by atoms with E-state index in [2.05, 4.69) is 42.0 Å². The molecule has 2 aromatic carbocycles. The van der Waals surface area contributed by atoms with Crippen molar-refractivity contribution in [1.29, 1.82) is 0 Å². The highest BCUT2D eigenvalue weighted by Crippen LogP contribution is 2.11. The number of halogens is 1. The van der Waals surface area contributed by atoms with Crippen molar-refractivity contribution >= 4 is 28.1 Å². The minimum absolute atomic E-state index is 0.451. The minimum atomic E-state index is 0.451. The molecule has 104 valence electrons. The smallest absolute Gasteiger partial charge is 0.244 e. The number of nitrogens with one attached hydrogen (secondary N) is 1. The van der Waals surface area contributed by atoms with E-state index in [0.717, 1.165) is 15.7 Å². The van der Waals surface area contributed by atoms with E-state index in [4.69, 9.17) is 0 Å². The molecule has 3 aromatic rings. The molecule has 21 heavy (non-hydrogen) atoms. The summed E-state index contributed by atoms with van der Waals surface area (Å²) in [5, 5.41) is 15.7. The van der Waals surface area contributed by atoms with E-state index in [-0.39, 0.29) is 0 Å². The fourth-order valence-corrected chi connectivity index (χ4v) is 2.17. The largest absolute Gasteiger partial charge is 0.268 e. The molecule has 0 atom stereocenters. The average Bonchev–Trinajstić information content (AvgIpc) is 2.97. The van der Waals surface area contributed by atoms with Crippen LogP contribution in [0.3, 0.4) is 0 Å². The number of aromatic nitrogens is 4. The molecule has 0 saturated heterocycles. The number of rotatable bonds is 4. The van der Waals surface area contributed by atoms with E-state index in [0.29, 0.717) is 5.95 Å². The molecule has 0 aliphatic heterocycles. The van der Waals surface area contributed by atoms with Crippen LogP contribution in [0, 0.1) is 0 Å². The van der Waals surface area contributed by atoms with Crippen molar-refractivity contribution < 1.29 is 0 Å². The Morgan fingerprint density at radius 1 is 1.10 bits per heavy atom. The monoisotopic (exact) mass is 342 g/mol. The second kappa shape index (κ2) is 6.27. The lowest BCUT2D eigenvalue weighted by Crippen LogP contribution is -2.03. The molecule has 0 bridgehead atoms. The lowest BCUT2D eigenvalue weighted by Gasteiger charge is -2.02. The van der Waals surface area contributed by atoms with Crippen LogP contribution < -0.4 is 5.43 Å². The highest BCUT2D eigenvalue weighted by molar-refractivity contribution is 9.10. The van der Waals surface area contributed by atoms with Crippen LogP contribution in [0.15, 0.2) is 64.2 Å². The van der Waals surface area contributed by atoms with Gasteiger partial charge in [-0.3, -0.25) is 0 Å².